The predicted octanol–water partition coefficient (Wildman–Crippen LogP) is 0.280. The van der Waals surface area contributed by atoms with Crippen LogP contribution in [-0.2, 0) is 13.6 Å². The Morgan fingerprint density at radius 3 is 3.00 bits per heavy atom. The molecule has 0 amide bonds. The van der Waals surface area contributed by atoms with Crippen molar-refractivity contribution < 1.29 is 0 Å². The summed E-state index contributed by atoms with van der Waals surface area (Å²) in [6.07, 6.45) is 1.68. The van der Waals surface area contributed by atoms with E-state index >= 15 is 0 Å². The van der Waals surface area contributed by atoms with Crippen LogP contribution in [0.25, 0.3) is 11.4 Å². The summed E-state index contributed by atoms with van der Waals surface area (Å²) in [5.74, 6) is 0.635. The van der Waals surface area contributed by atoms with E-state index in [4.69, 9.17) is 0 Å². The normalized spacial score (nSPS) is 10.7. The minimum absolute atomic E-state index is 0.149. The second-order valence-corrected chi connectivity index (χ2v) is 3.70. The van der Waals surface area contributed by atoms with Crippen molar-refractivity contribution in [2.75, 3.05) is 6.54 Å². The molecule has 2 aromatic heterocycles. The zero-order valence-corrected chi connectivity index (χ0v) is 9.90. The molecule has 0 bridgehead atoms. The van der Waals surface area contributed by atoms with Gasteiger partial charge in [-0.15, -0.1) is 0 Å². The van der Waals surface area contributed by atoms with Gasteiger partial charge in [0.15, 0.2) is 0 Å². The molecule has 0 aliphatic carbocycles. The molecule has 6 heteroatoms. The van der Waals surface area contributed by atoms with Gasteiger partial charge in [-0.25, -0.2) is 4.98 Å². The van der Waals surface area contributed by atoms with Crippen molar-refractivity contribution in [3.8, 4) is 11.4 Å². The van der Waals surface area contributed by atoms with Gasteiger partial charge in [0, 0.05) is 19.3 Å². The highest BCUT2D eigenvalue weighted by atomic mass is 16.1. The number of aromatic nitrogens is 4. The van der Waals surface area contributed by atoms with E-state index in [0.29, 0.717) is 18.1 Å². The Hall–Kier alpha value is -1.95. The lowest BCUT2D eigenvalue weighted by atomic mass is 10.3. The third-order valence-electron chi connectivity index (χ3n) is 2.42. The maximum absolute atomic E-state index is 11.5. The van der Waals surface area contributed by atoms with Gasteiger partial charge in [0.2, 0.25) is 0 Å². The minimum atomic E-state index is -0.149. The van der Waals surface area contributed by atoms with E-state index in [2.05, 4.69) is 20.4 Å². The third kappa shape index (κ3) is 2.59. The van der Waals surface area contributed by atoms with Gasteiger partial charge in [0.1, 0.15) is 5.82 Å². The van der Waals surface area contributed by atoms with Gasteiger partial charge >= 0.3 is 0 Å². The number of hydrogen-bond acceptors (Lipinski definition) is 4. The summed E-state index contributed by atoms with van der Waals surface area (Å²) in [4.78, 5) is 18.6. The van der Waals surface area contributed by atoms with Crippen molar-refractivity contribution in [3.05, 3.63) is 34.5 Å². The number of nitrogens with one attached hydrogen (secondary N) is 2. The molecular formula is C11H15N5O. The molecule has 0 fully saturated rings. The molecule has 0 aliphatic heterocycles. The summed E-state index contributed by atoms with van der Waals surface area (Å²) in [6, 6.07) is 3.31. The van der Waals surface area contributed by atoms with Gasteiger partial charge in [-0.1, -0.05) is 6.92 Å². The van der Waals surface area contributed by atoms with Crippen LogP contribution in [0.1, 0.15) is 12.7 Å². The highest BCUT2D eigenvalue weighted by Crippen LogP contribution is 2.12. The highest BCUT2D eigenvalue weighted by Gasteiger charge is 2.06. The van der Waals surface area contributed by atoms with Crippen molar-refractivity contribution in [1.82, 2.24) is 25.1 Å². The standard InChI is InChI=1S/C11H15N5O/c1-3-12-7-10-14-8(6-11(17)15-10)9-4-5-13-16(9)2/h4-6,12H,3,7H2,1-2H3,(H,14,15,17). The van der Waals surface area contributed by atoms with E-state index in [9.17, 15) is 4.79 Å². The van der Waals surface area contributed by atoms with Gasteiger partial charge < -0.3 is 10.3 Å². The van der Waals surface area contributed by atoms with E-state index < -0.39 is 0 Å². The van der Waals surface area contributed by atoms with Crippen LogP contribution >= 0.6 is 0 Å². The monoisotopic (exact) mass is 233 g/mol. The summed E-state index contributed by atoms with van der Waals surface area (Å²) >= 11 is 0. The second kappa shape index (κ2) is 4.92. The van der Waals surface area contributed by atoms with E-state index in [0.717, 1.165) is 12.2 Å². The molecule has 2 heterocycles. The first-order chi connectivity index (χ1) is 8.20. The molecule has 2 rings (SSSR count). The van der Waals surface area contributed by atoms with Crippen LogP contribution in [0.4, 0.5) is 0 Å². The first-order valence-corrected chi connectivity index (χ1v) is 5.50. The molecule has 17 heavy (non-hydrogen) atoms. The van der Waals surface area contributed by atoms with Crippen LogP contribution in [0.3, 0.4) is 0 Å². The molecule has 0 spiro atoms. The number of aryl methyl sites for hydroxylation is 1. The topological polar surface area (TPSA) is 75.6 Å². The Labute approximate surface area is 98.7 Å². The zero-order chi connectivity index (χ0) is 12.3. The van der Waals surface area contributed by atoms with Crippen LogP contribution < -0.4 is 10.9 Å². The summed E-state index contributed by atoms with van der Waals surface area (Å²) < 4.78 is 1.69. The number of aromatic amines is 1. The maximum Gasteiger partial charge on any atom is 0.251 e. The maximum atomic E-state index is 11.5. The fourth-order valence-electron chi connectivity index (χ4n) is 1.59. The summed E-state index contributed by atoms with van der Waals surface area (Å²) in [5, 5.41) is 7.19. The number of hydrogen-bond donors (Lipinski definition) is 2. The first kappa shape index (κ1) is 11.5. The van der Waals surface area contributed by atoms with Crippen LogP contribution in [0.2, 0.25) is 0 Å². The Morgan fingerprint density at radius 2 is 2.35 bits per heavy atom. The summed E-state index contributed by atoms with van der Waals surface area (Å²) in [6.45, 7) is 3.39. The molecular weight excluding hydrogens is 218 g/mol. The molecule has 0 saturated heterocycles. The quantitative estimate of drug-likeness (QED) is 0.795. The largest absolute Gasteiger partial charge is 0.310 e. The van der Waals surface area contributed by atoms with Crippen LogP contribution in [-0.4, -0.2) is 26.3 Å². The highest BCUT2D eigenvalue weighted by molar-refractivity contribution is 5.53. The van der Waals surface area contributed by atoms with Gasteiger partial charge in [0.25, 0.3) is 5.56 Å². The molecule has 90 valence electrons. The van der Waals surface area contributed by atoms with Gasteiger partial charge in [0.05, 0.1) is 17.9 Å². The van der Waals surface area contributed by atoms with Gasteiger partial charge in [-0.3, -0.25) is 9.48 Å². The Kier molecular flexibility index (Phi) is 3.34. The molecule has 2 N–H and O–H groups in total. The fourth-order valence-corrected chi connectivity index (χ4v) is 1.59. The summed E-state index contributed by atoms with van der Waals surface area (Å²) in [7, 11) is 1.82. The van der Waals surface area contributed by atoms with Crippen LogP contribution in [0.15, 0.2) is 23.1 Å². The van der Waals surface area contributed by atoms with E-state index in [1.165, 1.54) is 6.07 Å². The molecule has 2 aromatic rings. The average molecular weight is 233 g/mol. The smallest absolute Gasteiger partial charge is 0.251 e. The number of nitrogens with zero attached hydrogens (tertiary/aromatic N) is 3. The Balaban J connectivity index is 2.38. The number of H-pyrrole nitrogens is 1. The van der Waals surface area contributed by atoms with Crippen LogP contribution in [0, 0.1) is 0 Å². The first-order valence-electron chi connectivity index (χ1n) is 5.50. The molecule has 0 aromatic carbocycles. The lowest BCUT2D eigenvalue weighted by Crippen LogP contribution is -2.19. The van der Waals surface area contributed by atoms with Crippen molar-refractivity contribution >= 4 is 0 Å². The molecule has 6 nitrogen and oxygen atoms in total. The molecule has 0 unspecified atom stereocenters. The molecule has 0 atom stereocenters. The SMILES string of the molecule is CCNCc1nc(-c2ccnn2C)cc(=O)[nH]1. The van der Waals surface area contributed by atoms with Crippen molar-refractivity contribution in [1.29, 1.82) is 0 Å². The van der Waals surface area contributed by atoms with E-state index in [1.807, 2.05) is 20.0 Å². The molecule has 0 radical (unpaired) electrons. The fraction of sp³-hybridized carbons (Fsp3) is 0.364. The Bertz CT molecular complexity index is 557. The van der Waals surface area contributed by atoms with E-state index in [-0.39, 0.29) is 5.56 Å². The molecule has 0 saturated carbocycles. The van der Waals surface area contributed by atoms with Crippen molar-refractivity contribution in [2.24, 2.45) is 7.05 Å². The average Bonchev–Trinajstić information content (AvgIpc) is 2.72. The van der Waals surface area contributed by atoms with Crippen molar-refractivity contribution in [2.45, 2.75) is 13.5 Å². The second-order valence-electron chi connectivity index (χ2n) is 3.70. The zero-order valence-electron chi connectivity index (χ0n) is 9.90. The minimum Gasteiger partial charge on any atom is -0.310 e. The van der Waals surface area contributed by atoms with Gasteiger partial charge in [-0.2, -0.15) is 5.10 Å². The Morgan fingerprint density at radius 1 is 1.53 bits per heavy atom. The lowest BCUT2D eigenvalue weighted by Gasteiger charge is -2.05. The number of rotatable bonds is 4. The molecule has 0 aliphatic rings. The van der Waals surface area contributed by atoms with Crippen LogP contribution in [0.5, 0.6) is 0 Å². The van der Waals surface area contributed by atoms with Gasteiger partial charge in [-0.05, 0) is 12.6 Å². The third-order valence-corrected chi connectivity index (χ3v) is 2.42. The lowest BCUT2D eigenvalue weighted by molar-refractivity contribution is 0.686. The van der Waals surface area contributed by atoms with E-state index in [1.54, 1.807) is 10.9 Å². The predicted molar refractivity (Wildman–Crippen MR) is 64.4 cm³/mol. The van der Waals surface area contributed by atoms with Crippen molar-refractivity contribution in [3.63, 3.8) is 0 Å². The summed E-state index contributed by atoms with van der Waals surface area (Å²) in [5.41, 5.74) is 1.32.